The molecule has 3 heterocycles. The number of aromatic nitrogens is 3. The molecule has 0 bridgehead atoms. The number of carbonyl (C=O) groups excluding carboxylic acids is 1. The van der Waals surface area contributed by atoms with Crippen LogP contribution in [0.4, 0.5) is 0 Å². The zero-order chi connectivity index (χ0) is 16.4. The standard InChI is InChI=1S/C17H19N5O/c1-12-9-19-22(10-12)15-4-3-7-21(11-15)17(23)16-6-5-14(8-18)13(2)20-16/h5-6,9-10,15H,3-4,7,11H2,1-2H3. The van der Waals surface area contributed by atoms with Gasteiger partial charge in [-0.1, -0.05) is 0 Å². The highest BCUT2D eigenvalue weighted by atomic mass is 16.2. The van der Waals surface area contributed by atoms with E-state index < -0.39 is 0 Å². The lowest BCUT2D eigenvalue weighted by atomic mass is 10.1. The number of nitrogens with zero attached hydrogens (tertiary/aromatic N) is 5. The van der Waals surface area contributed by atoms with E-state index in [0.29, 0.717) is 23.5 Å². The Labute approximate surface area is 135 Å². The van der Waals surface area contributed by atoms with Gasteiger partial charge in [-0.2, -0.15) is 10.4 Å². The van der Waals surface area contributed by atoms with Crippen molar-refractivity contribution in [3.8, 4) is 6.07 Å². The zero-order valence-corrected chi connectivity index (χ0v) is 13.4. The highest BCUT2D eigenvalue weighted by Crippen LogP contribution is 2.22. The first-order chi connectivity index (χ1) is 11.1. The van der Waals surface area contributed by atoms with Gasteiger partial charge >= 0.3 is 0 Å². The van der Waals surface area contributed by atoms with Crippen LogP contribution in [0.25, 0.3) is 0 Å². The van der Waals surface area contributed by atoms with Gasteiger partial charge in [-0.05, 0) is 44.4 Å². The van der Waals surface area contributed by atoms with Crippen LogP contribution in [0.3, 0.4) is 0 Å². The van der Waals surface area contributed by atoms with Gasteiger partial charge < -0.3 is 4.90 Å². The van der Waals surface area contributed by atoms with Gasteiger partial charge in [0.15, 0.2) is 0 Å². The molecule has 6 heteroatoms. The molecule has 0 radical (unpaired) electrons. The lowest BCUT2D eigenvalue weighted by Gasteiger charge is -2.32. The molecule has 1 atom stereocenters. The first-order valence-electron chi connectivity index (χ1n) is 7.76. The Kier molecular flexibility index (Phi) is 4.11. The van der Waals surface area contributed by atoms with E-state index in [4.69, 9.17) is 5.26 Å². The Hall–Kier alpha value is -2.68. The molecule has 1 fully saturated rings. The monoisotopic (exact) mass is 309 g/mol. The third-order valence-electron chi connectivity index (χ3n) is 4.21. The van der Waals surface area contributed by atoms with Crippen molar-refractivity contribution >= 4 is 5.91 Å². The summed E-state index contributed by atoms with van der Waals surface area (Å²) >= 11 is 0. The third-order valence-corrected chi connectivity index (χ3v) is 4.21. The largest absolute Gasteiger partial charge is 0.335 e. The Balaban J connectivity index is 1.77. The summed E-state index contributed by atoms with van der Waals surface area (Å²) in [6, 6.07) is 5.58. The first-order valence-corrected chi connectivity index (χ1v) is 7.76. The lowest BCUT2D eigenvalue weighted by Crippen LogP contribution is -2.41. The second-order valence-electron chi connectivity index (χ2n) is 5.99. The quantitative estimate of drug-likeness (QED) is 0.852. The van der Waals surface area contributed by atoms with Crippen molar-refractivity contribution in [2.75, 3.05) is 13.1 Å². The van der Waals surface area contributed by atoms with Gasteiger partial charge in [-0.3, -0.25) is 9.48 Å². The van der Waals surface area contributed by atoms with Gasteiger partial charge in [-0.25, -0.2) is 4.98 Å². The molecule has 6 nitrogen and oxygen atoms in total. The SMILES string of the molecule is Cc1cnn(C2CCCN(C(=O)c3ccc(C#N)c(C)n3)C2)c1. The van der Waals surface area contributed by atoms with E-state index in [2.05, 4.69) is 16.2 Å². The Bertz CT molecular complexity index is 774. The number of aryl methyl sites for hydroxylation is 2. The molecule has 1 aliphatic heterocycles. The van der Waals surface area contributed by atoms with Crippen molar-refractivity contribution in [1.29, 1.82) is 5.26 Å². The first kappa shape index (κ1) is 15.2. The molecule has 3 rings (SSSR count). The average molecular weight is 309 g/mol. The van der Waals surface area contributed by atoms with Crippen LogP contribution >= 0.6 is 0 Å². The predicted octanol–water partition coefficient (Wildman–Crippen LogP) is 2.24. The topological polar surface area (TPSA) is 74.8 Å². The minimum Gasteiger partial charge on any atom is -0.335 e. The molecule has 2 aromatic heterocycles. The lowest BCUT2D eigenvalue weighted by molar-refractivity contribution is 0.0667. The van der Waals surface area contributed by atoms with E-state index >= 15 is 0 Å². The summed E-state index contributed by atoms with van der Waals surface area (Å²) in [4.78, 5) is 18.8. The van der Waals surface area contributed by atoms with E-state index in [0.717, 1.165) is 24.9 Å². The van der Waals surface area contributed by atoms with Crippen molar-refractivity contribution in [3.63, 3.8) is 0 Å². The Morgan fingerprint density at radius 2 is 2.22 bits per heavy atom. The Morgan fingerprint density at radius 3 is 2.87 bits per heavy atom. The van der Waals surface area contributed by atoms with E-state index in [-0.39, 0.29) is 11.9 Å². The summed E-state index contributed by atoms with van der Waals surface area (Å²) in [5, 5.41) is 13.3. The van der Waals surface area contributed by atoms with Gasteiger partial charge in [0, 0.05) is 19.3 Å². The van der Waals surface area contributed by atoms with E-state index in [9.17, 15) is 4.79 Å². The second-order valence-corrected chi connectivity index (χ2v) is 5.99. The smallest absolute Gasteiger partial charge is 0.272 e. The number of hydrogen-bond acceptors (Lipinski definition) is 4. The number of carbonyl (C=O) groups is 1. The number of piperidine rings is 1. The van der Waals surface area contributed by atoms with E-state index in [1.165, 1.54) is 0 Å². The number of rotatable bonds is 2. The van der Waals surface area contributed by atoms with Crippen molar-refractivity contribution in [2.45, 2.75) is 32.7 Å². The summed E-state index contributed by atoms with van der Waals surface area (Å²) in [5.74, 6) is -0.0776. The number of nitriles is 1. The maximum atomic E-state index is 12.7. The van der Waals surface area contributed by atoms with E-state index in [1.54, 1.807) is 19.1 Å². The third kappa shape index (κ3) is 3.09. The maximum absolute atomic E-state index is 12.7. The van der Waals surface area contributed by atoms with Crippen LogP contribution in [0, 0.1) is 25.2 Å². The Morgan fingerprint density at radius 1 is 1.39 bits per heavy atom. The molecule has 1 saturated heterocycles. The fraction of sp³-hybridized carbons (Fsp3) is 0.412. The van der Waals surface area contributed by atoms with Crippen LogP contribution in [0.1, 0.15) is 46.2 Å². The number of amides is 1. The van der Waals surface area contributed by atoms with Gasteiger partial charge in [0.05, 0.1) is 23.5 Å². The van der Waals surface area contributed by atoms with Crippen molar-refractivity contribution < 1.29 is 4.79 Å². The normalized spacial score (nSPS) is 17.8. The molecule has 1 unspecified atom stereocenters. The summed E-state index contributed by atoms with van der Waals surface area (Å²) in [5.41, 5.74) is 2.62. The number of hydrogen-bond donors (Lipinski definition) is 0. The fourth-order valence-electron chi connectivity index (χ4n) is 2.95. The van der Waals surface area contributed by atoms with Gasteiger partial charge in [0.1, 0.15) is 11.8 Å². The summed E-state index contributed by atoms with van der Waals surface area (Å²) in [6.45, 7) is 5.14. The van der Waals surface area contributed by atoms with Crippen molar-refractivity contribution in [3.05, 3.63) is 47.0 Å². The molecule has 1 amide bonds. The van der Waals surface area contributed by atoms with Crippen LogP contribution in [-0.4, -0.2) is 38.7 Å². The highest BCUT2D eigenvalue weighted by molar-refractivity contribution is 5.92. The summed E-state index contributed by atoms with van der Waals surface area (Å²) in [7, 11) is 0. The molecule has 1 aliphatic rings. The summed E-state index contributed by atoms with van der Waals surface area (Å²) in [6.07, 6.45) is 5.82. The van der Waals surface area contributed by atoms with Crippen LogP contribution in [-0.2, 0) is 0 Å². The summed E-state index contributed by atoms with van der Waals surface area (Å²) < 4.78 is 1.95. The molecular weight excluding hydrogens is 290 g/mol. The van der Waals surface area contributed by atoms with E-state index in [1.807, 2.05) is 28.9 Å². The molecule has 118 valence electrons. The molecule has 0 saturated carbocycles. The molecular formula is C17H19N5O. The van der Waals surface area contributed by atoms with Gasteiger partial charge in [-0.15, -0.1) is 0 Å². The number of pyridine rings is 1. The van der Waals surface area contributed by atoms with Crippen LogP contribution < -0.4 is 0 Å². The minimum atomic E-state index is -0.0776. The molecule has 23 heavy (non-hydrogen) atoms. The highest BCUT2D eigenvalue weighted by Gasteiger charge is 2.26. The zero-order valence-electron chi connectivity index (χ0n) is 13.4. The van der Waals surface area contributed by atoms with Crippen molar-refractivity contribution in [1.82, 2.24) is 19.7 Å². The fourth-order valence-corrected chi connectivity index (χ4v) is 2.95. The molecule has 0 spiro atoms. The van der Waals surface area contributed by atoms with Gasteiger partial charge in [0.2, 0.25) is 0 Å². The van der Waals surface area contributed by atoms with Gasteiger partial charge in [0.25, 0.3) is 5.91 Å². The molecule has 0 aliphatic carbocycles. The molecule has 2 aromatic rings. The number of likely N-dealkylation sites (tertiary alicyclic amines) is 1. The second kappa shape index (κ2) is 6.21. The van der Waals surface area contributed by atoms with Crippen molar-refractivity contribution in [2.24, 2.45) is 0 Å². The predicted molar refractivity (Wildman–Crippen MR) is 84.8 cm³/mol. The van der Waals surface area contributed by atoms with Crippen LogP contribution in [0.15, 0.2) is 24.5 Å². The molecule has 0 N–H and O–H groups in total. The molecule has 0 aromatic carbocycles. The van der Waals surface area contributed by atoms with Crippen LogP contribution in [0.5, 0.6) is 0 Å². The average Bonchev–Trinajstić information content (AvgIpc) is 3.01. The maximum Gasteiger partial charge on any atom is 0.272 e. The minimum absolute atomic E-state index is 0.0776. The van der Waals surface area contributed by atoms with Crippen LogP contribution in [0.2, 0.25) is 0 Å².